The third kappa shape index (κ3) is 2.16. The summed E-state index contributed by atoms with van der Waals surface area (Å²) in [7, 11) is 0. The van der Waals surface area contributed by atoms with Crippen molar-refractivity contribution in [3.05, 3.63) is 5.82 Å². The highest BCUT2D eigenvalue weighted by atomic mass is 32.1. The number of carbonyl (C=O) groups is 1. The summed E-state index contributed by atoms with van der Waals surface area (Å²) in [4.78, 5) is 18.1. The van der Waals surface area contributed by atoms with Crippen LogP contribution in [0.25, 0.3) is 0 Å². The Morgan fingerprint density at radius 3 is 2.81 bits per heavy atom. The molecule has 1 aliphatic rings. The van der Waals surface area contributed by atoms with Crippen molar-refractivity contribution in [2.24, 2.45) is 0 Å². The summed E-state index contributed by atoms with van der Waals surface area (Å²) in [6, 6.07) is 0.144. The van der Waals surface area contributed by atoms with Gasteiger partial charge in [0.2, 0.25) is 11.0 Å². The van der Waals surface area contributed by atoms with Crippen molar-refractivity contribution in [3.63, 3.8) is 0 Å². The molecule has 16 heavy (non-hydrogen) atoms. The van der Waals surface area contributed by atoms with Gasteiger partial charge in [-0.3, -0.25) is 4.79 Å². The van der Waals surface area contributed by atoms with Crippen molar-refractivity contribution in [3.8, 4) is 0 Å². The van der Waals surface area contributed by atoms with E-state index in [9.17, 15) is 4.79 Å². The summed E-state index contributed by atoms with van der Waals surface area (Å²) >= 11 is 1.31. The van der Waals surface area contributed by atoms with Gasteiger partial charge in [-0.2, -0.15) is 4.37 Å². The second-order valence-electron chi connectivity index (χ2n) is 4.26. The summed E-state index contributed by atoms with van der Waals surface area (Å²) in [6.07, 6.45) is 0.843. The van der Waals surface area contributed by atoms with E-state index in [1.54, 1.807) is 0 Å². The molecular formula is C10H16N4OS. The standard InChI is InChI=1S/C10H16N4OS/c1-6(2)14-5-4-8(9(14)15)12-10-11-7(3)13-16-10/h6,8H,4-5H2,1-3H3,(H,11,12,13). The van der Waals surface area contributed by atoms with Crippen molar-refractivity contribution in [1.82, 2.24) is 14.3 Å². The van der Waals surface area contributed by atoms with E-state index in [-0.39, 0.29) is 18.0 Å². The van der Waals surface area contributed by atoms with Crippen molar-refractivity contribution in [2.75, 3.05) is 11.9 Å². The smallest absolute Gasteiger partial charge is 0.245 e. The highest BCUT2D eigenvalue weighted by Crippen LogP contribution is 2.19. The molecule has 0 bridgehead atoms. The van der Waals surface area contributed by atoms with Crippen molar-refractivity contribution >= 4 is 22.6 Å². The molecule has 1 unspecified atom stereocenters. The molecule has 1 aromatic rings. The molecule has 1 fully saturated rings. The van der Waals surface area contributed by atoms with Gasteiger partial charge in [0.05, 0.1) is 0 Å². The number of anilines is 1. The number of hydrogen-bond donors (Lipinski definition) is 1. The average Bonchev–Trinajstić information content (AvgIpc) is 2.76. The fraction of sp³-hybridized carbons (Fsp3) is 0.700. The quantitative estimate of drug-likeness (QED) is 0.864. The highest BCUT2D eigenvalue weighted by Gasteiger charge is 2.33. The lowest BCUT2D eigenvalue weighted by atomic mass is 10.2. The number of nitrogens with zero attached hydrogens (tertiary/aromatic N) is 3. The number of nitrogens with one attached hydrogen (secondary N) is 1. The van der Waals surface area contributed by atoms with Crippen LogP contribution in [0.5, 0.6) is 0 Å². The van der Waals surface area contributed by atoms with Crippen molar-refractivity contribution < 1.29 is 4.79 Å². The maximum atomic E-state index is 12.0. The number of likely N-dealkylation sites (tertiary alicyclic amines) is 1. The van der Waals surface area contributed by atoms with Gasteiger partial charge in [-0.25, -0.2) is 4.98 Å². The average molecular weight is 240 g/mol. The number of rotatable bonds is 3. The number of amides is 1. The Morgan fingerprint density at radius 1 is 1.56 bits per heavy atom. The fourth-order valence-electron chi connectivity index (χ4n) is 1.85. The minimum Gasteiger partial charge on any atom is -0.348 e. The molecule has 0 saturated carbocycles. The van der Waals surface area contributed by atoms with Crippen LogP contribution in [0.15, 0.2) is 0 Å². The molecule has 2 heterocycles. The first-order valence-corrected chi connectivity index (χ1v) is 6.22. The van der Waals surface area contributed by atoms with E-state index in [1.165, 1.54) is 11.5 Å². The predicted molar refractivity (Wildman–Crippen MR) is 63.5 cm³/mol. The first-order chi connectivity index (χ1) is 7.58. The van der Waals surface area contributed by atoms with Gasteiger partial charge in [0, 0.05) is 24.1 Å². The van der Waals surface area contributed by atoms with Crippen molar-refractivity contribution in [1.29, 1.82) is 0 Å². The summed E-state index contributed by atoms with van der Waals surface area (Å²) in [5, 5.41) is 3.89. The Balaban J connectivity index is 2.00. The largest absolute Gasteiger partial charge is 0.348 e. The molecule has 1 atom stereocenters. The van der Waals surface area contributed by atoms with Gasteiger partial charge in [0.1, 0.15) is 11.9 Å². The molecule has 1 amide bonds. The zero-order chi connectivity index (χ0) is 11.7. The van der Waals surface area contributed by atoms with E-state index in [0.717, 1.165) is 23.9 Å². The van der Waals surface area contributed by atoms with Gasteiger partial charge in [-0.1, -0.05) is 0 Å². The highest BCUT2D eigenvalue weighted by molar-refractivity contribution is 7.09. The molecule has 2 rings (SSSR count). The van der Waals surface area contributed by atoms with Gasteiger partial charge < -0.3 is 10.2 Å². The van der Waals surface area contributed by atoms with E-state index in [4.69, 9.17) is 0 Å². The summed E-state index contributed by atoms with van der Waals surface area (Å²) in [5.74, 6) is 0.918. The van der Waals surface area contributed by atoms with Gasteiger partial charge in [-0.05, 0) is 27.2 Å². The number of hydrogen-bond acceptors (Lipinski definition) is 5. The third-order valence-electron chi connectivity index (χ3n) is 2.69. The summed E-state index contributed by atoms with van der Waals surface area (Å²) in [6.45, 7) is 6.75. The second kappa shape index (κ2) is 4.37. The second-order valence-corrected chi connectivity index (χ2v) is 5.01. The topological polar surface area (TPSA) is 58.1 Å². The van der Waals surface area contributed by atoms with Crippen molar-refractivity contribution in [2.45, 2.75) is 39.3 Å². The Kier molecular flexibility index (Phi) is 3.09. The lowest BCUT2D eigenvalue weighted by Crippen LogP contribution is -2.37. The monoisotopic (exact) mass is 240 g/mol. The van der Waals surface area contributed by atoms with Crippen LogP contribution in [0.2, 0.25) is 0 Å². The fourth-order valence-corrected chi connectivity index (χ4v) is 2.48. The van der Waals surface area contributed by atoms with E-state index in [0.29, 0.717) is 0 Å². The Bertz CT molecular complexity index is 390. The SMILES string of the molecule is Cc1nsc(NC2CCN(C(C)C)C2=O)n1. The normalized spacial score (nSPS) is 20.9. The number of carbonyl (C=O) groups excluding carboxylic acids is 1. The minimum atomic E-state index is -0.130. The predicted octanol–water partition coefficient (Wildman–Crippen LogP) is 1.27. The maximum absolute atomic E-state index is 12.0. The molecule has 1 aliphatic heterocycles. The molecule has 1 N–H and O–H groups in total. The van der Waals surface area contributed by atoms with Gasteiger partial charge in [0.15, 0.2) is 0 Å². The van der Waals surface area contributed by atoms with Crippen LogP contribution in [0.3, 0.4) is 0 Å². The Hall–Kier alpha value is -1.17. The molecule has 0 aromatic carbocycles. The van der Waals surface area contributed by atoms with Crippen LogP contribution >= 0.6 is 11.5 Å². The Labute approximate surface area is 99.0 Å². The lowest BCUT2D eigenvalue weighted by molar-refractivity contribution is -0.129. The van der Waals surface area contributed by atoms with Crippen LogP contribution in [0.4, 0.5) is 5.13 Å². The summed E-state index contributed by atoms with van der Waals surface area (Å²) in [5.41, 5.74) is 0. The maximum Gasteiger partial charge on any atom is 0.245 e. The minimum absolute atomic E-state index is 0.130. The first kappa shape index (κ1) is 11.3. The molecule has 0 aliphatic carbocycles. The first-order valence-electron chi connectivity index (χ1n) is 5.45. The zero-order valence-electron chi connectivity index (χ0n) is 9.73. The third-order valence-corrected chi connectivity index (χ3v) is 3.43. The van der Waals surface area contributed by atoms with E-state index >= 15 is 0 Å². The van der Waals surface area contributed by atoms with E-state index in [2.05, 4.69) is 14.7 Å². The van der Waals surface area contributed by atoms with E-state index < -0.39 is 0 Å². The van der Waals surface area contributed by atoms with E-state index in [1.807, 2.05) is 25.7 Å². The van der Waals surface area contributed by atoms with Crippen LogP contribution in [0, 0.1) is 6.92 Å². The molecule has 1 aromatic heterocycles. The lowest BCUT2D eigenvalue weighted by Gasteiger charge is -2.20. The molecule has 5 nitrogen and oxygen atoms in total. The van der Waals surface area contributed by atoms with Gasteiger partial charge >= 0.3 is 0 Å². The zero-order valence-corrected chi connectivity index (χ0v) is 10.5. The van der Waals surface area contributed by atoms with Crippen LogP contribution in [-0.2, 0) is 4.79 Å². The van der Waals surface area contributed by atoms with Gasteiger partial charge in [-0.15, -0.1) is 0 Å². The molecule has 0 radical (unpaired) electrons. The molecule has 88 valence electrons. The van der Waals surface area contributed by atoms with Crippen LogP contribution in [0.1, 0.15) is 26.1 Å². The van der Waals surface area contributed by atoms with Crippen LogP contribution in [-0.4, -0.2) is 38.8 Å². The summed E-state index contributed by atoms with van der Waals surface area (Å²) < 4.78 is 4.08. The molecule has 1 saturated heterocycles. The molecular weight excluding hydrogens is 224 g/mol. The molecule has 0 spiro atoms. The van der Waals surface area contributed by atoms with Crippen LogP contribution < -0.4 is 5.32 Å². The number of aromatic nitrogens is 2. The van der Waals surface area contributed by atoms with Gasteiger partial charge in [0.25, 0.3) is 0 Å². The number of aryl methyl sites for hydroxylation is 1. The molecule has 6 heteroatoms. The Morgan fingerprint density at radius 2 is 2.31 bits per heavy atom.